The number of aromatic amines is 1. The first-order chi connectivity index (χ1) is 14.3. The SMILES string of the molecule is O=C(COCc1n[nH]c(=O)o1)NC12CC(NC(=O)COc3ccc(Cl)c(F)c3)(C1)C2. The Morgan fingerprint density at radius 2 is 1.87 bits per heavy atom. The summed E-state index contributed by atoms with van der Waals surface area (Å²) in [6, 6.07) is 3.95. The average molecular weight is 441 g/mol. The molecule has 10 nitrogen and oxygen atoms in total. The average Bonchev–Trinajstić information content (AvgIpc) is 3.05. The van der Waals surface area contributed by atoms with Gasteiger partial charge in [-0.05, 0) is 31.4 Å². The summed E-state index contributed by atoms with van der Waals surface area (Å²) in [7, 11) is 0. The summed E-state index contributed by atoms with van der Waals surface area (Å²) in [6.07, 6.45) is 1.84. The van der Waals surface area contributed by atoms with E-state index in [0.29, 0.717) is 19.3 Å². The number of hydrogen-bond donors (Lipinski definition) is 3. The lowest BCUT2D eigenvalue weighted by Crippen LogP contribution is -2.84. The van der Waals surface area contributed by atoms with Crippen molar-refractivity contribution in [3.8, 4) is 5.75 Å². The Labute approximate surface area is 174 Å². The van der Waals surface area contributed by atoms with Gasteiger partial charge in [0.05, 0.1) is 5.02 Å². The standard InChI is InChI=1S/C18H18ClFN4O6/c19-11-2-1-10(3-12(11)20)29-5-14(26)22-18-7-17(8-18,9-18)21-13(25)4-28-6-15-23-24-16(27)30-15/h1-3H,4-9H2,(H,21,25)(H,22,26)(H,24,27). The van der Waals surface area contributed by atoms with Crippen LogP contribution in [0, 0.1) is 5.82 Å². The molecule has 0 spiro atoms. The molecule has 3 aliphatic carbocycles. The lowest BCUT2D eigenvalue weighted by Gasteiger charge is -2.70. The zero-order valence-electron chi connectivity index (χ0n) is 15.6. The van der Waals surface area contributed by atoms with E-state index in [0.717, 1.165) is 6.07 Å². The van der Waals surface area contributed by atoms with E-state index in [4.69, 9.17) is 21.1 Å². The molecular weight excluding hydrogens is 423 g/mol. The molecule has 3 aliphatic rings. The summed E-state index contributed by atoms with van der Waals surface area (Å²) >= 11 is 5.60. The monoisotopic (exact) mass is 440 g/mol. The van der Waals surface area contributed by atoms with Crippen LogP contribution in [0.4, 0.5) is 4.39 Å². The van der Waals surface area contributed by atoms with Crippen molar-refractivity contribution in [2.24, 2.45) is 0 Å². The van der Waals surface area contributed by atoms with Gasteiger partial charge in [-0.2, -0.15) is 0 Å². The van der Waals surface area contributed by atoms with E-state index < -0.39 is 11.6 Å². The minimum absolute atomic E-state index is 0.0221. The first-order valence-electron chi connectivity index (χ1n) is 9.09. The van der Waals surface area contributed by atoms with E-state index in [9.17, 15) is 18.8 Å². The van der Waals surface area contributed by atoms with Crippen LogP contribution in [0.3, 0.4) is 0 Å². The Morgan fingerprint density at radius 3 is 2.47 bits per heavy atom. The van der Waals surface area contributed by atoms with Crippen LogP contribution >= 0.6 is 11.6 Å². The molecule has 0 radical (unpaired) electrons. The number of ether oxygens (including phenoxy) is 2. The van der Waals surface area contributed by atoms with Gasteiger partial charge >= 0.3 is 5.76 Å². The predicted octanol–water partition coefficient (Wildman–Crippen LogP) is 0.659. The van der Waals surface area contributed by atoms with Gasteiger partial charge in [-0.25, -0.2) is 14.3 Å². The zero-order chi connectivity index (χ0) is 21.4. The minimum atomic E-state index is -0.690. The second kappa shape index (κ2) is 7.73. The quantitative estimate of drug-likeness (QED) is 0.521. The van der Waals surface area contributed by atoms with Crippen LogP contribution in [0.5, 0.6) is 5.75 Å². The molecule has 0 saturated heterocycles. The number of aromatic nitrogens is 2. The molecule has 3 saturated carbocycles. The molecule has 1 aromatic heterocycles. The van der Waals surface area contributed by atoms with Crippen molar-refractivity contribution >= 4 is 23.4 Å². The maximum absolute atomic E-state index is 13.4. The molecule has 3 fully saturated rings. The summed E-state index contributed by atoms with van der Waals surface area (Å²) < 4.78 is 28.5. The molecule has 1 heterocycles. The number of H-pyrrole nitrogens is 1. The number of nitrogens with zero attached hydrogens (tertiary/aromatic N) is 1. The zero-order valence-corrected chi connectivity index (χ0v) is 16.4. The lowest BCUT2D eigenvalue weighted by atomic mass is 9.44. The third-order valence-electron chi connectivity index (χ3n) is 5.04. The van der Waals surface area contributed by atoms with Crippen LogP contribution < -0.4 is 21.1 Å². The van der Waals surface area contributed by atoms with Crippen LogP contribution in [0.2, 0.25) is 5.02 Å². The Bertz CT molecular complexity index is 1020. The third kappa shape index (κ3) is 4.31. The predicted molar refractivity (Wildman–Crippen MR) is 99.3 cm³/mol. The van der Waals surface area contributed by atoms with Gasteiger partial charge in [-0.15, -0.1) is 5.10 Å². The summed E-state index contributed by atoms with van der Waals surface area (Å²) in [5.74, 6) is -1.67. The smallest absolute Gasteiger partial charge is 0.434 e. The molecule has 160 valence electrons. The van der Waals surface area contributed by atoms with Crippen molar-refractivity contribution in [1.29, 1.82) is 0 Å². The van der Waals surface area contributed by atoms with Gasteiger partial charge in [0, 0.05) is 17.1 Å². The van der Waals surface area contributed by atoms with Gasteiger partial charge in [0.25, 0.3) is 5.91 Å². The number of amides is 2. The maximum Gasteiger partial charge on any atom is 0.434 e. The molecule has 1 aromatic carbocycles. The van der Waals surface area contributed by atoms with E-state index >= 15 is 0 Å². The number of carbonyl (C=O) groups is 2. The van der Waals surface area contributed by atoms with Gasteiger partial charge in [-0.1, -0.05) is 11.6 Å². The number of hydrogen-bond acceptors (Lipinski definition) is 7. The number of rotatable bonds is 9. The molecule has 30 heavy (non-hydrogen) atoms. The highest BCUT2D eigenvalue weighted by Crippen LogP contribution is 2.60. The fourth-order valence-corrected chi connectivity index (χ4v) is 4.10. The van der Waals surface area contributed by atoms with Crippen molar-refractivity contribution in [3.63, 3.8) is 0 Å². The maximum atomic E-state index is 13.4. The van der Waals surface area contributed by atoms with Crippen LogP contribution in [-0.2, 0) is 20.9 Å². The van der Waals surface area contributed by atoms with Crippen LogP contribution in [0.15, 0.2) is 27.4 Å². The molecular formula is C18H18ClFN4O6. The second-order valence-corrected chi connectivity index (χ2v) is 7.96. The van der Waals surface area contributed by atoms with Crippen LogP contribution in [0.1, 0.15) is 25.2 Å². The van der Waals surface area contributed by atoms with Gasteiger partial charge in [0.15, 0.2) is 6.61 Å². The van der Waals surface area contributed by atoms with Crippen molar-refractivity contribution in [2.45, 2.75) is 36.9 Å². The molecule has 12 heteroatoms. The highest BCUT2D eigenvalue weighted by molar-refractivity contribution is 6.30. The van der Waals surface area contributed by atoms with E-state index in [-0.39, 0.29) is 59.4 Å². The van der Waals surface area contributed by atoms with Gasteiger partial charge in [0.1, 0.15) is 24.8 Å². The topological polar surface area (TPSA) is 136 Å². The third-order valence-corrected chi connectivity index (χ3v) is 5.35. The molecule has 5 rings (SSSR count). The Balaban J connectivity index is 1.14. The normalized spacial score (nSPS) is 23.8. The van der Waals surface area contributed by atoms with E-state index in [2.05, 4.69) is 25.2 Å². The molecule has 2 bridgehead atoms. The van der Waals surface area contributed by atoms with Crippen molar-refractivity contribution in [1.82, 2.24) is 20.8 Å². The van der Waals surface area contributed by atoms with Crippen molar-refractivity contribution in [3.05, 3.63) is 45.5 Å². The number of halogens is 2. The van der Waals surface area contributed by atoms with Gasteiger partial charge in [0.2, 0.25) is 11.8 Å². The van der Waals surface area contributed by atoms with Crippen molar-refractivity contribution < 1.29 is 27.9 Å². The first-order valence-corrected chi connectivity index (χ1v) is 9.46. The van der Waals surface area contributed by atoms with Gasteiger partial charge < -0.3 is 24.5 Å². The Hall–Kier alpha value is -2.92. The molecule has 0 atom stereocenters. The molecule has 2 aromatic rings. The lowest BCUT2D eigenvalue weighted by molar-refractivity contribution is -0.152. The van der Waals surface area contributed by atoms with Crippen molar-refractivity contribution in [2.75, 3.05) is 13.2 Å². The Morgan fingerprint density at radius 1 is 1.20 bits per heavy atom. The summed E-state index contributed by atoms with van der Waals surface area (Å²) in [6.45, 7) is -0.556. The summed E-state index contributed by atoms with van der Waals surface area (Å²) in [5.41, 5.74) is -0.689. The number of carbonyl (C=O) groups excluding carboxylic acids is 2. The largest absolute Gasteiger partial charge is 0.484 e. The van der Waals surface area contributed by atoms with Crippen LogP contribution in [-0.4, -0.2) is 46.3 Å². The fraction of sp³-hybridized carbons (Fsp3) is 0.444. The second-order valence-electron chi connectivity index (χ2n) is 7.55. The highest BCUT2D eigenvalue weighted by Gasteiger charge is 2.69. The highest BCUT2D eigenvalue weighted by atomic mass is 35.5. The molecule has 0 unspecified atom stereocenters. The van der Waals surface area contributed by atoms with E-state index in [1.807, 2.05) is 0 Å². The van der Waals surface area contributed by atoms with E-state index in [1.54, 1.807) is 0 Å². The first kappa shape index (κ1) is 20.4. The van der Waals surface area contributed by atoms with Crippen LogP contribution in [0.25, 0.3) is 0 Å². The van der Waals surface area contributed by atoms with E-state index in [1.165, 1.54) is 12.1 Å². The molecule has 3 N–H and O–H groups in total. The summed E-state index contributed by atoms with van der Waals surface area (Å²) in [4.78, 5) is 34.9. The number of benzene rings is 1. The minimum Gasteiger partial charge on any atom is -0.484 e. The summed E-state index contributed by atoms with van der Waals surface area (Å²) in [5, 5.41) is 11.4. The van der Waals surface area contributed by atoms with Gasteiger partial charge in [-0.3, -0.25) is 9.59 Å². The molecule has 0 aliphatic heterocycles. The molecule has 2 amide bonds. The number of nitrogens with one attached hydrogen (secondary N) is 3. The Kier molecular flexibility index (Phi) is 5.24. The fourth-order valence-electron chi connectivity index (χ4n) is 3.99.